The third-order valence-electron chi connectivity index (χ3n) is 4.98. The van der Waals surface area contributed by atoms with Gasteiger partial charge in [-0.3, -0.25) is 5.41 Å². The Labute approximate surface area is 170 Å². The van der Waals surface area contributed by atoms with Gasteiger partial charge in [0.15, 0.2) is 0 Å². The van der Waals surface area contributed by atoms with Crippen molar-refractivity contribution in [3.05, 3.63) is 72.1 Å². The van der Waals surface area contributed by atoms with Gasteiger partial charge in [0, 0.05) is 18.2 Å². The molecule has 0 aliphatic carbocycles. The normalized spacial score (nSPS) is 16.5. The fourth-order valence-electron chi connectivity index (χ4n) is 3.46. The van der Waals surface area contributed by atoms with Crippen LogP contribution in [0.4, 0.5) is 11.6 Å². The zero-order valence-electron chi connectivity index (χ0n) is 16.3. The van der Waals surface area contributed by atoms with Crippen molar-refractivity contribution < 1.29 is 4.74 Å². The maximum atomic E-state index is 8.71. The van der Waals surface area contributed by atoms with Gasteiger partial charge < -0.3 is 20.7 Å². The lowest BCUT2D eigenvalue weighted by molar-refractivity contribution is 0.414. The molecule has 7 heteroatoms. The molecule has 1 fully saturated rings. The average Bonchev–Trinajstić information content (AvgIpc) is 3.14. The van der Waals surface area contributed by atoms with Crippen molar-refractivity contribution in [2.24, 2.45) is 0 Å². The number of nitrogens with two attached hydrogens (primary N) is 1. The molecule has 2 heterocycles. The highest BCUT2D eigenvalue weighted by molar-refractivity contribution is 6.16. The summed E-state index contributed by atoms with van der Waals surface area (Å²) in [7, 11) is 2.10. The van der Waals surface area contributed by atoms with Gasteiger partial charge in [-0.25, -0.2) is 9.97 Å². The highest BCUT2D eigenvalue weighted by atomic mass is 16.5. The molecule has 1 unspecified atom stereocenters. The first kappa shape index (κ1) is 18.9. The van der Waals surface area contributed by atoms with Crippen molar-refractivity contribution in [2.45, 2.75) is 12.5 Å². The second kappa shape index (κ2) is 8.28. The summed E-state index contributed by atoms with van der Waals surface area (Å²) in [5.74, 6) is 2.37. The molecule has 4 rings (SSSR count). The maximum absolute atomic E-state index is 8.71. The van der Waals surface area contributed by atoms with E-state index < -0.39 is 0 Å². The van der Waals surface area contributed by atoms with Gasteiger partial charge in [-0.1, -0.05) is 18.2 Å². The van der Waals surface area contributed by atoms with Crippen LogP contribution in [0.25, 0.3) is 0 Å². The van der Waals surface area contributed by atoms with Gasteiger partial charge in [0.1, 0.15) is 29.5 Å². The number of anilines is 2. The lowest BCUT2D eigenvalue weighted by Gasteiger charge is -2.18. The van der Waals surface area contributed by atoms with E-state index in [4.69, 9.17) is 15.9 Å². The number of hydrogen-bond acceptors (Lipinski definition) is 7. The van der Waals surface area contributed by atoms with E-state index in [1.165, 1.54) is 6.33 Å². The fourth-order valence-corrected chi connectivity index (χ4v) is 3.46. The van der Waals surface area contributed by atoms with Crippen molar-refractivity contribution in [1.82, 2.24) is 14.9 Å². The minimum Gasteiger partial charge on any atom is -0.457 e. The zero-order valence-corrected chi connectivity index (χ0v) is 16.3. The van der Waals surface area contributed by atoms with Crippen LogP contribution in [-0.4, -0.2) is 46.8 Å². The molecule has 0 amide bonds. The zero-order chi connectivity index (χ0) is 20.2. The summed E-state index contributed by atoms with van der Waals surface area (Å²) in [6.07, 6.45) is 2.46. The van der Waals surface area contributed by atoms with Crippen LogP contribution in [0.15, 0.2) is 60.9 Å². The van der Waals surface area contributed by atoms with Crippen LogP contribution in [-0.2, 0) is 0 Å². The Morgan fingerprint density at radius 2 is 1.83 bits per heavy atom. The number of nitrogens with one attached hydrogen (secondary N) is 2. The van der Waals surface area contributed by atoms with Crippen molar-refractivity contribution in [3.8, 4) is 11.5 Å². The van der Waals surface area contributed by atoms with Gasteiger partial charge in [0.05, 0.1) is 11.3 Å². The minimum absolute atomic E-state index is 0.280. The molecule has 0 saturated carbocycles. The second-order valence-electron chi connectivity index (χ2n) is 7.19. The number of aromatic nitrogens is 2. The standard InChI is InChI=1S/C22H24N6O/c1-28-12-11-16(13-28)27-22-19(21(24)25-14-26-22)20(23)15-7-9-18(10-8-15)29-17-5-3-2-4-6-17/h2-10,14,16,23H,11-13H2,1H3,(H3,24,25,26,27). The number of rotatable bonds is 6. The van der Waals surface area contributed by atoms with Gasteiger partial charge in [0.2, 0.25) is 0 Å². The van der Waals surface area contributed by atoms with Crippen molar-refractivity contribution in [1.29, 1.82) is 5.41 Å². The lowest BCUT2D eigenvalue weighted by atomic mass is 10.0. The predicted molar refractivity (Wildman–Crippen MR) is 115 cm³/mol. The number of hydrogen-bond donors (Lipinski definition) is 3. The van der Waals surface area contributed by atoms with Crippen molar-refractivity contribution in [2.75, 3.05) is 31.2 Å². The first-order valence-electron chi connectivity index (χ1n) is 9.58. The molecule has 0 radical (unpaired) electrons. The summed E-state index contributed by atoms with van der Waals surface area (Å²) < 4.78 is 5.83. The van der Waals surface area contributed by atoms with Gasteiger partial charge in [-0.2, -0.15) is 0 Å². The molecule has 0 bridgehead atoms. The molecule has 4 N–H and O–H groups in total. The molecule has 1 atom stereocenters. The third kappa shape index (κ3) is 4.35. The average molecular weight is 388 g/mol. The highest BCUT2D eigenvalue weighted by Crippen LogP contribution is 2.26. The molecular weight excluding hydrogens is 364 g/mol. The maximum Gasteiger partial charge on any atom is 0.141 e. The number of ether oxygens (including phenoxy) is 1. The van der Waals surface area contributed by atoms with E-state index in [1.54, 1.807) is 0 Å². The first-order valence-corrected chi connectivity index (χ1v) is 9.58. The summed E-state index contributed by atoms with van der Waals surface area (Å²) >= 11 is 0. The molecule has 1 aromatic heterocycles. The van der Waals surface area contributed by atoms with E-state index in [-0.39, 0.29) is 11.8 Å². The number of para-hydroxylation sites is 1. The number of nitrogens with zero attached hydrogens (tertiary/aromatic N) is 3. The third-order valence-corrected chi connectivity index (χ3v) is 4.98. The quantitative estimate of drug-likeness (QED) is 0.560. The number of likely N-dealkylation sites (N-methyl/N-ethyl adjacent to an activating group) is 1. The van der Waals surface area contributed by atoms with Gasteiger partial charge in [-0.15, -0.1) is 0 Å². The summed E-state index contributed by atoms with van der Waals surface area (Å²) in [5.41, 5.74) is 7.65. The van der Waals surface area contributed by atoms with Crippen molar-refractivity contribution >= 4 is 17.3 Å². The SMILES string of the molecule is CN1CCC(Nc2ncnc(N)c2C(=N)c2ccc(Oc3ccccc3)cc2)C1. The predicted octanol–water partition coefficient (Wildman–Crippen LogP) is 3.38. The molecule has 1 aliphatic heterocycles. The number of benzene rings is 2. The topological polar surface area (TPSA) is 100 Å². The van der Waals surface area contributed by atoms with Gasteiger partial charge in [0.25, 0.3) is 0 Å². The van der Waals surface area contributed by atoms with Crippen LogP contribution in [0.3, 0.4) is 0 Å². The lowest BCUT2D eigenvalue weighted by Crippen LogP contribution is -2.25. The van der Waals surface area contributed by atoms with E-state index in [9.17, 15) is 0 Å². The Hall–Kier alpha value is -3.45. The molecule has 1 saturated heterocycles. The van der Waals surface area contributed by atoms with Crippen LogP contribution < -0.4 is 15.8 Å². The Bertz CT molecular complexity index is 990. The van der Waals surface area contributed by atoms with Crippen LogP contribution in [0, 0.1) is 5.41 Å². The summed E-state index contributed by atoms with van der Waals surface area (Å²) in [4.78, 5) is 10.7. The first-order chi connectivity index (χ1) is 14.1. The number of likely N-dealkylation sites (tertiary alicyclic amines) is 1. The van der Waals surface area contributed by atoms with E-state index >= 15 is 0 Å². The Morgan fingerprint density at radius 1 is 1.10 bits per heavy atom. The van der Waals surface area contributed by atoms with E-state index in [1.807, 2.05) is 54.6 Å². The molecular formula is C22H24N6O. The van der Waals surface area contributed by atoms with E-state index in [2.05, 4.69) is 27.2 Å². The summed E-state index contributed by atoms with van der Waals surface area (Å²) in [6.45, 7) is 1.97. The highest BCUT2D eigenvalue weighted by Gasteiger charge is 2.23. The molecule has 3 aromatic rings. The monoisotopic (exact) mass is 388 g/mol. The molecule has 148 valence electrons. The van der Waals surface area contributed by atoms with Crippen LogP contribution >= 0.6 is 0 Å². The molecule has 0 spiro atoms. The molecule has 29 heavy (non-hydrogen) atoms. The second-order valence-corrected chi connectivity index (χ2v) is 7.19. The van der Waals surface area contributed by atoms with E-state index in [0.717, 1.165) is 30.8 Å². The van der Waals surface area contributed by atoms with E-state index in [0.29, 0.717) is 22.9 Å². The fraction of sp³-hybridized carbons (Fsp3) is 0.227. The molecule has 1 aliphatic rings. The summed E-state index contributed by atoms with van der Waals surface area (Å²) in [5, 5.41) is 12.1. The van der Waals surface area contributed by atoms with Gasteiger partial charge in [-0.05, 0) is 56.4 Å². The Kier molecular flexibility index (Phi) is 5.39. The Balaban J connectivity index is 1.54. The van der Waals surface area contributed by atoms with Gasteiger partial charge >= 0.3 is 0 Å². The summed E-state index contributed by atoms with van der Waals surface area (Å²) in [6, 6.07) is 17.3. The minimum atomic E-state index is 0.280. The van der Waals surface area contributed by atoms with Crippen LogP contribution in [0.5, 0.6) is 11.5 Å². The Morgan fingerprint density at radius 3 is 2.52 bits per heavy atom. The molecule has 7 nitrogen and oxygen atoms in total. The number of nitrogen functional groups attached to an aromatic ring is 1. The van der Waals surface area contributed by atoms with Crippen LogP contribution in [0.2, 0.25) is 0 Å². The largest absolute Gasteiger partial charge is 0.457 e. The smallest absolute Gasteiger partial charge is 0.141 e. The van der Waals surface area contributed by atoms with Crippen LogP contribution in [0.1, 0.15) is 17.5 Å². The van der Waals surface area contributed by atoms with Crippen molar-refractivity contribution in [3.63, 3.8) is 0 Å². The molecule has 2 aromatic carbocycles.